The fourth-order valence-corrected chi connectivity index (χ4v) is 3.76. The zero-order valence-electron chi connectivity index (χ0n) is 16.8. The Balaban J connectivity index is 2.33. The van der Waals surface area contributed by atoms with Crippen molar-refractivity contribution >= 4 is 0 Å². The molecule has 2 fully saturated rings. The Kier molecular flexibility index (Phi) is 8.98. The largest absolute Gasteiger partial charge is 0.394 e. The fourth-order valence-electron chi connectivity index (χ4n) is 3.76. The van der Waals surface area contributed by atoms with Crippen LogP contribution in [-0.4, -0.2) is 125 Å². The molecule has 0 unspecified atom stereocenters. The molecular weight excluding hydrogens is 380 g/mol. The Morgan fingerprint density at radius 1 is 0.857 bits per heavy atom. The first kappa shape index (κ1) is 23.8. The molecule has 2 heterocycles. The molecule has 28 heavy (non-hydrogen) atoms. The second kappa shape index (κ2) is 10.5. The molecule has 2 rings (SSSR count). The molecule has 11 nitrogen and oxygen atoms in total. The number of aliphatic hydroxyl groups excluding tert-OH is 3. The lowest BCUT2D eigenvalue weighted by Crippen LogP contribution is -2.63. The lowest BCUT2D eigenvalue weighted by Gasteiger charge is -2.45. The van der Waals surface area contributed by atoms with Crippen LogP contribution in [0, 0.1) is 0 Å². The molecule has 2 saturated heterocycles. The summed E-state index contributed by atoms with van der Waals surface area (Å²) in [5.41, 5.74) is 0. The van der Waals surface area contributed by atoms with E-state index in [1.807, 2.05) is 0 Å². The topological polar surface area (TPSA) is 135 Å². The number of aliphatic hydroxyl groups is 3. The first-order valence-electron chi connectivity index (χ1n) is 8.97. The normalized spacial score (nSPS) is 44.1. The Hall–Kier alpha value is -0.440. The first-order chi connectivity index (χ1) is 13.4. The molecule has 3 N–H and O–H groups in total. The van der Waals surface area contributed by atoms with E-state index in [9.17, 15) is 15.3 Å². The van der Waals surface area contributed by atoms with Crippen molar-refractivity contribution in [3.63, 3.8) is 0 Å². The standard InChI is InChI=1S/C17H32O11/c1-21-7-10-13(23-3)15(25-5)17(27-10,8-22-2)28-16-14(24-4)12(20)11(19)9(6-18)26-16/h9-16,18-20H,6-8H2,1-5H3/t9-,10-,11-,12+,13-,14-,15+,16-,17+/m1/s1. The number of rotatable bonds is 10. The van der Waals surface area contributed by atoms with E-state index in [1.54, 1.807) is 0 Å². The molecule has 0 aromatic heterocycles. The summed E-state index contributed by atoms with van der Waals surface area (Å²) in [5, 5.41) is 29.9. The van der Waals surface area contributed by atoms with Crippen molar-refractivity contribution in [1.82, 2.24) is 0 Å². The molecule has 0 saturated carbocycles. The van der Waals surface area contributed by atoms with Gasteiger partial charge in [0, 0.05) is 35.5 Å². The summed E-state index contributed by atoms with van der Waals surface area (Å²) < 4.78 is 44.8. The SMILES string of the molecule is COC[C@H]1O[C@@](COC)(O[C@H]2O[C@H](CO)[C@@H](O)[C@H](O)[C@H]2OC)[C@@H](OC)[C@@H]1OC. The molecule has 0 aliphatic carbocycles. The summed E-state index contributed by atoms with van der Waals surface area (Å²) in [6, 6.07) is 0. The van der Waals surface area contributed by atoms with Crippen molar-refractivity contribution in [2.45, 2.75) is 54.8 Å². The third-order valence-corrected chi connectivity index (χ3v) is 5.06. The van der Waals surface area contributed by atoms with Gasteiger partial charge in [0.25, 0.3) is 0 Å². The molecule has 166 valence electrons. The van der Waals surface area contributed by atoms with E-state index < -0.39 is 61.4 Å². The molecule has 2 aliphatic rings. The molecule has 9 atom stereocenters. The Morgan fingerprint density at radius 2 is 1.54 bits per heavy atom. The van der Waals surface area contributed by atoms with E-state index in [-0.39, 0.29) is 13.2 Å². The molecule has 2 aliphatic heterocycles. The average molecular weight is 412 g/mol. The van der Waals surface area contributed by atoms with E-state index in [1.165, 1.54) is 35.5 Å². The smallest absolute Gasteiger partial charge is 0.224 e. The van der Waals surface area contributed by atoms with E-state index >= 15 is 0 Å². The minimum Gasteiger partial charge on any atom is -0.394 e. The highest BCUT2D eigenvalue weighted by Crippen LogP contribution is 2.39. The van der Waals surface area contributed by atoms with Gasteiger partial charge in [-0.3, -0.25) is 0 Å². The maximum absolute atomic E-state index is 10.4. The van der Waals surface area contributed by atoms with Gasteiger partial charge >= 0.3 is 0 Å². The van der Waals surface area contributed by atoms with Crippen LogP contribution in [0.4, 0.5) is 0 Å². The van der Waals surface area contributed by atoms with Gasteiger partial charge in [-0.1, -0.05) is 0 Å². The van der Waals surface area contributed by atoms with Gasteiger partial charge in [-0.2, -0.15) is 0 Å². The van der Waals surface area contributed by atoms with Crippen molar-refractivity contribution in [2.75, 3.05) is 55.4 Å². The van der Waals surface area contributed by atoms with Crippen LogP contribution in [0.25, 0.3) is 0 Å². The van der Waals surface area contributed by atoms with Crippen LogP contribution >= 0.6 is 0 Å². The maximum atomic E-state index is 10.4. The summed E-state index contributed by atoms with van der Waals surface area (Å²) in [5.74, 6) is -1.48. The van der Waals surface area contributed by atoms with Gasteiger partial charge in [-0.25, -0.2) is 0 Å². The monoisotopic (exact) mass is 412 g/mol. The lowest BCUT2D eigenvalue weighted by molar-refractivity contribution is -0.387. The van der Waals surface area contributed by atoms with Gasteiger partial charge in [0.05, 0.1) is 13.2 Å². The fraction of sp³-hybridized carbons (Fsp3) is 1.00. The van der Waals surface area contributed by atoms with Crippen LogP contribution in [0.5, 0.6) is 0 Å². The highest BCUT2D eigenvalue weighted by molar-refractivity contribution is 5.00. The summed E-state index contributed by atoms with van der Waals surface area (Å²) in [6.45, 7) is -0.356. The molecule has 0 radical (unpaired) electrons. The third-order valence-electron chi connectivity index (χ3n) is 5.06. The van der Waals surface area contributed by atoms with Gasteiger partial charge in [-0.05, 0) is 0 Å². The number of ether oxygens (including phenoxy) is 8. The van der Waals surface area contributed by atoms with Crippen molar-refractivity contribution < 1.29 is 53.2 Å². The first-order valence-corrected chi connectivity index (χ1v) is 8.97. The quantitative estimate of drug-likeness (QED) is 0.363. The molecule has 0 spiro atoms. The second-order valence-electron chi connectivity index (χ2n) is 6.74. The van der Waals surface area contributed by atoms with E-state index in [0.717, 1.165) is 0 Å². The minimum absolute atomic E-state index is 0.0513. The van der Waals surface area contributed by atoms with Gasteiger partial charge in [-0.15, -0.1) is 0 Å². The second-order valence-corrected chi connectivity index (χ2v) is 6.74. The van der Waals surface area contributed by atoms with E-state index in [0.29, 0.717) is 0 Å². The highest BCUT2D eigenvalue weighted by Gasteiger charge is 2.60. The summed E-state index contributed by atoms with van der Waals surface area (Å²) >= 11 is 0. The van der Waals surface area contributed by atoms with Gasteiger partial charge < -0.3 is 53.2 Å². The number of hydrogen-bond acceptors (Lipinski definition) is 11. The molecular formula is C17H32O11. The predicted octanol–water partition coefficient (Wildman–Crippen LogP) is -2.13. The summed E-state index contributed by atoms with van der Waals surface area (Å²) in [4.78, 5) is 0. The van der Waals surface area contributed by atoms with Crippen LogP contribution in [0.3, 0.4) is 0 Å². The van der Waals surface area contributed by atoms with Crippen molar-refractivity contribution in [2.24, 2.45) is 0 Å². The van der Waals surface area contributed by atoms with Gasteiger partial charge in [0.2, 0.25) is 5.79 Å². The van der Waals surface area contributed by atoms with E-state index in [2.05, 4.69) is 0 Å². The summed E-state index contributed by atoms with van der Waals surface area (Å²) in [6.07, 6.45) is -7.78. The minimum atomic E-state index is -1.48. The van der Waals surface area contributed by atoms with Gasteiger partial charge in [0.15, 0.2) is 6.29 Å². The van der Waals surface area contributed by atoms with Crippen LogP contribution < -0.4 is 0 Å². The average Bonchev–Trinajstić information content (AvgIpc) is 2.97. The zero-order valence-corrected chi connectivity index (χ0v) is 16.8. The molecule has 0 aromatic carbocycles. The zero-order chi connectivity index (χ0) is 20.9. The number of methoxy groups -OCH3 is 5. The highest BCUT2D eigenvalue weighted by atomic mass is 16.8. The summed E-state index contributed by atoms with van der Waals surface area (Å²) in [7, 11) is 7.34. The van der Waals surface area contributed by atoms with Crippen molar-refractivity contribution in [3.8, 4) is 0 Å². The van der Waals surface area contributed by atoms with E-state index in [4.69, 9.17) is 37.9 Å². The third kappa shape index (κ3) is 4.50. The number of hydrogen-bond donors (Lipinski definition) is 3. The lowest BCUT2D eigenvalue weighted by atomic mass is 9.98. The molecule has 0 bridgehead atoms. The van der Waals surface area contributed by atoms with Crippen LogP contribution in [0.2, 0.25) is 0 Å². The predicted molar refractivity (Wildman–Crippen MR) is 92.6 cm³/mol. The van der Waals surface area contributed by atoms with Crippen LogP contribution in [-0.2, 0) is 37.9 Å². The van der Waals surface area contributed by atoms with Crippen molar-refractivity contribution in [1.29, 1.82) is 0 Å². The Labute approximate surface area is 164 Å². The molecule has 0 aromatic rings. The van der Waals surface area contributed by atoms with Crippen LogP contribution in [0.1, 0.15) is 0 Å². The van der Waals surface area contributed by atoms with Crippen molar-refractivity contribution in [3.05, 3.63) is 0 Å². The Bertz CT molecular complexity index is 466. The maximum Gasteiger partial charge on any atom is 0.224 e. The Morgan fingerprint density at radius 3 is 2.04 bits per heavy atom. The van der Waals surface area contributed by atoms with Crippen LogP contribution in [0.15, 0.2) is 0 Å². The molecule has 11 heteroatoms. The molecule has 0 amide bonds. The van der Waals surface area contributed by atoms with Gasteiger partial charge in [0.1, 0.15) is 49.3 Å².